The number of hydrogen-bond donors (Lipinski definition) is 3. The van der Waals surface area contributed by atoms with Crippen molar-refractivity contribution >= 4 is 22.2 Å². The molecule has 2 aromatic carbocycles. The highest BCUT2D eigenvalue weighted by atomic mass is 32.3. The van der Waals surface area contributed by atoms with Crippen molar-refractivity contribution in [2.24, 2.45) is 5.92 Å². The molecule has 1 aromatic heterocycles. The summed E-state index contributed by atoms with van der Waals surface area (Å²) in [5.74, 6) is 0.167. The number of methoxy groups -OCH3 is 1. The van der Waals surface area contributed by atoms with E-state index in [9.17, 15) is 19.0 Å². The van der Waals surface area contributed by atoms with Gasteiger partial charge in [-0.3, -0.25) is 13.9 Å². The van der Waals surface area contributed by atoms with Crippen LogP contribution in [0, 0.1) is 5.92 Å². The van der Waals surface area contributed by atoms with Crippen molar-refractivity contribution in [3.05, 3.63) is 60.4 Å². The normalized spacial score (nSPS) is 22.7. The van der Waals surface area contributed by atoms with Gasteiger partial charge in [-0.05, 0) is 42.7 Å². The number of carboxylic acids is 1. The third-order valence-electron chi connectivity index (χ3n) is 7.41. The minimum atomic E-state index is -2.44. The zero-order valence-electron chi connectivity index (χ0n) is 20.4. The van der Waals surface area contributed by atoms with Crippen LogP contribution < -0.4 is 9.64 Å². The van der Waals surface area contributed by atoms with Crippen molar-refractivity contribution in [1.82, 2.24) is 9.78 Å². The van der Waals surface area contributed by atoms with Crippen LogP contribution in [0.25, 0.3) is 16.8 Å². The lowest BCUT2D eigenvalue weighted by Gasteiger charge is -2.41. The average molecular weight is 512 g/mol. The lowest BCUT2D eigenvalue weighted by atomic mass is 9.76. The molecule has 2 atom stereocenters. The number of aromatic nitrogens is 2. The zero-order valence-corrected chi connectivity index (χ0v) is 21.2. The number of nitrogens with zero attached hydrogens (tertiary/aromatic N) is 3. The van der Waals surface area contributed by atoms with E-state index in [4.69, 9.17) is 9.84 Å². The summed E-state index contributed by atoms with van der Waals surface area (Å²) in [6, 6.07) is 15.9. The monoisotopic (exact) mass is 511 g/mol. The molecule has 0 unspecified atom stereocenters. The predicted molar refractivity (Wildman–Crippen MR) is 143 cm³/mol. The number of anilines is 1. The molecule has 9 heteroatoms. The molecule has 2 fully saturated rings. The molecular formula is C27H33N3O5S. The van der Waals surface area contributed by atoms with Crippen molar-refractivity contribution < 1.29 is 23.7 Å². The van der Waals surface area contributed by atoms with Crippen LogP contribution in [0.3, 0.4) is 0 Å². The van der Waals surface area contributed by atoms with Gasteiger partial charge in [0.1, 0.15) is 5.75 Å². The van der Waals surface area contributed by atoms with Gasteiger partial charge in [0.25, 0.3) is 0 Å². The predicted octanol–water partition coefficient (Wildman–Crippen LogP) is 5.48. The number of carbonyl (C=O) groups is 1. The van der Waals surface area contributed by atoms with E-state index >= 15 is 0 Å². The summed E-state index contributed by atoms with van der Waals surface area (Å²) >= 11 is 0. The number of benzene rings is 2. The van der Waals surface area contributed by atoms with Gasteiger partial charge in [-0.1, -0.05) is 31.0 Å². The summed E-state index contributed by atoms with van der Waals surface area (Å²) in [6.45, 7) is 1.23. The molecule has 0 amide bonds. The van der Waals surface area contributed by atoms with Crippen molar-refractivity contribution in [3.8, 4) is 22.6 Å². The van der Waals surface area contributed by atoms with E-state index in [-0.39, 0.29) is 5.92 Å². The van der Waals surface area contributed by atoms with Gasteiger partial charge < -0.3 is 14.7 Å². The molecule has 0 bridgehead atoms. The van der Waals surface area contributed by atoms with Gasteiger partial charge in [0.15, 0.2) is 0 Å². The SMILES string of the molecule is COc1cccc(-n2cc(-c3ccc(N4CCS(O)(O)CC4)cc3)c([C@@H]3CCCC[C@H]3C(=O)O)n2)c1. The fourth-order valence-electron chi connectivity index (χ4n) is 5.36. The van der Waals surface area contributed by atoms with E-state index in [0.29, 0.717) is 31.0 Å². The molecule has 8 nitrogen and oxygen atoms in total. The number of hydrogen-bond acceptors (Lipinski definition) is 6. The first-order chi connectivity index (χ1) is 17.3. The second-order valence-corrected chi connectivity index (χ2v) is 12.1. The summed E-state index contributed by atoms with van der Waals surface area (Å²) < 4.78 is 27.1. The quantitative estimate of drug-likeness (QED) is 0.402. The van der Waals surface area contributed by atoms with Crippen LogP contribution >= 0.6 is 10.6 Å². The van der Waals surface area contributed by atoms with E-state index in [1.165, 1.54) is 0 Å². The summed E-state index contributed by atoms with van der Waals surface area (Å²) in [7, 11) is -0.814. The summed E-state index contributed by atoms with van der Waals surface area (Å²) in [5.41, 5.74) is 4.64. The highest BCUT2D eigenvalue weighted by Gasteiger charge is 2.35. The Kier molecular flexibility index (Phi) is 6.96. The maximum absolute atomic E-state index is 12.1. The molecule has 192 valence electrons. The Morgan fingerprint density at radius 1 is 1.03 bits per heavy atom. The molecule has 36 heavy (non-hydrogen) atoms. The third-order valence-corrected chi connectivity index (χ3v) is 9.09. The topological polar surface area (TPSA) is 108 Å². The molecule has 2 heterocycles. The van der Waals surface area contributed by atoms with Gasteiger partial charge in [0, 0.05) is 42.5 Å². The molecule has 0 spiro atoms. The van der Waals surface area contributed by atoms with Crippen molar-refractivity contribution in [2.45, 2.75) is 31.6 Å². The minimum Gasteiger partial charge on any atom is -0.497 e. The van der Waals surface area contributed by atoms with Crippen LogP contribution in [0.15, 0.2) is 54.7 Å². The van der Waals surface area contributed by atoms with Crippen LogP contribution in [-0.2, 0) is 4.79 Å². The Hall–Kier alpha value is -3.01. The lowest BCUT2D eigenvalue weighted by molar-refractivity contribution is -0.143. The Bertz CT molecular complexity index is 1220. The maximum Gasteiger partial charge on any atom is 0.307 e. The number of aliphatic carboxylic acids is 1. The molecule has 1 saturated heterocycles. The van der Waals surface area contributed by atoms with Gasteiger partial charge >= 0.3 is 5.97 Å². The standard InChI is InChI=1S/C27H33N3O5S/c1-35-22-6-4-5-21(17-22)30-18-25(26(28-30)23-7-2-3-8-24(23)27(31)32)19-9-11-20(12-10-19)29-13-15-36(33,34)16-14-29/h4-6,9-12,17-18,23-24,33-34H,2-3,7-8,13-16H2,1H3,(H,31,32)/t23-,24-/m1/s1. The molecule has 2 aliphatic rings. The van der Waals surface area contributed by atoms with Crippen LogP contribution in [0.1, 0.15) is 37.3 Å². The van der Waals surface area contributed by atoms with E-state index in [1.807, 2.05) is 35.1 Å². The molecular weight excluding hydrogens is 478 g/mol. The van der Waals surface area contributed by atoms with E-state index in [0.717, 1.165) is 53.2 Å². The molecule has 1 aliphatic heterocycles. The van der Waals surface area contributed by atoms with Gasteiger partial charge in [-0.2, -0.15) is 15.7 Å². The highest BCUT2D eigenvalue weighted by Crippen LogP contribution is 2.43. The Labute approximate surface area is 212 Å². The fourth-order valence-corrected chi connectivity index (χ4v) is 6.59. The van der Waals surface area contributed by atoms with Gasteiger partial charge in [-0.25, -0.2) is 4.68 Å². The van der Waals surface area contributed by atoms with Crippen LogP contribution in [-0.4, -0.2) is 61.7 Å². The second-order valence-electron chi connectivity index (χ2n) is 9.65. The van der Waals surface area contributed by atoms with E-state index in [2.05, 4.69) is 29.2 Å². The molecule has 3 aromatic rings. The lowest BCUT2D eigenvalue weighted by Crippen LogP contribution is -2.38. The molecule has 1 saturated carbocycles. The largest absolute Gasteiger partial charge is 0.497 e. The fraction of sp³-hybridized carbons (Fsp3) is 0.407. The van der Waals surface area contributed by atoms with Gasteiger partial charge in [-0.15, -0.1) is 0 Å². The van der Waals surface area contributed by atoms with Gasteiger partial charge in [0.05, 0.1) is 35.9 Å². The van der Waals surface area contributed by atoms with Crippen molar-refractivity contribution in [3.63, 3.8) is 0 Å². The smallest absolute Gasteiger partial charge is 0.307 e. The third kappa shape index (κ3) is 5.09. The minimum absolute atomic E-state index is 0.148. The summed E-state index contributed by atoms with van der Waals surface area (Å²) in [5, 5.41) is 14.9. The first kappa shape index (κ1) is 24.7. The first-order valence-corrected chi connectivity index (χ1v) is 14.3. The molecule has 1 aliphatic carbocycles. The number of ether oxygens (including phenoxy) is 1. The van der Waals surface area contributed by atoms with Crippen LogP contribution in [0.5, 0.6) is 5.75 Å². The number of carboxylic acid groups (broad SMARTS) is 1. The number of rotatable bonds is 6. The molecule has 5 rings (SSSR count). The van der Waals surface area contributed by atoms with E-state index < -0.39 is 22.5 Å². The Balaban J connectivity index is 1.51. The average Bonchev–Trinajstić information content (AvgIpc) is 3.34. The zero-order chi connectivity index (χ0) is 25.3. The van der Waals surface area contributed by atoms with Crippen LogP contribution in [0.2, 0.25) is 0 Å². The highest BCUT2D eigenvalue weighted by molar-refractivity contribution is 8.24. The van der Waals surface area contributed by atoms with Gasteiger partial charge in [0.2, 0.25) is 0 Å². The Morgan fingerprint density at radius 3 is 2.44 bits per heavy atom. The second kappa shape index (κ2) is 10.2. The van der Waals surface area contributed by atoms with Crippen molar-refractivity contribution in [2.75, 3.05) is 36.6 Å². The Morgan fingerprint density at radius 2 is 1.75 bits per heavy atom. The summed E-state index contributed by atoms with van der Waals surface area (Å²) in [4.78, 5) is 14.3. The molecule has 0 radical (unpaired) electrons. The summed E-state index contributed by atoms with van der Waals surface area (Å²) in [6.07, 6.45) is 5.38. The van der Waals surface area contributed by atoms with Crippen LogP contribution in [0.4, 0.5) is 5.69 Å². The molecule has 3 N–H and O–H groups in total. The first-order valence-electron chi connectivity index (χ1n) is 12.4. The van der Waals surface area contributed by atoms with Crippen molar-refractivity contribution in [1.29, 1.82) is 0 Å². The maximum atomic E-state index is 12.1. The van der Waals surface area contributed by atoms with E-state index in [1.54, 1.807) is 7.11 Å².